The van der Waals surface area contributed by atoms with Crippen molar-refractivity contribution in [2.24, 2.45) is 0 Å². The number of hydrogen-bond donors (Lipinski definition) is 1. The summed E-state index contributed by atoms with van der Waals surface area (Å²) in [7, 11) is 0. The first-order chi connectivity index (χ1) is 8.95. The van der Waals surface area contributed by atoms with E-state index in [1.165, 1.54) is 11.6 Å². The molecule has 2 aromatic rings. The van der Waals surface area contributed by atoms with Gasteiger partial charge in [-0.15, -0.1) is 0 Å². The molecular formula is C17H19FO. The van der Waals surface area contributed by atoms with Crippen LogP contribution in [0.5, 0.6) is 0 Å². The number of aliphatic hydroxyl groups is 1. The van der Waals surface area contributed by atoms with Crippen LogP contribution in [0.4, 0.5) is 4.39 Å². The maximum absolute atomic E-state index is 13.9. The van der Waals surface area contributed by atoms with Gasteiger partial charge in [0.2, 0.25) is 0 Å². The van der Waals surface area contributed by atoms with Crippen LogP contribution in [0.25, 0.3) is 0 Å². The maximum Gasteiger partial charge on any atom is 0.129 e. The zero-order valence-corrected chi connectivity index (χ0v) is 11.6. The van der Waals surface area contributed by atoms with Crippen molar-refractivity contribution in [2.45, 2.75) is 32.8 Å². The summed E-state index contributed by atoms with van der Waals surface area (Å²) in [5.41, 5.74) is 1.83. The van der Waals surface area contributed by atoms with Crippen LogP contribution in [0.2, 0.25) is 0 Å². The van der Waals surface area contributed by atoms with Gasteiger partial charge in [0.15, 0.2) is 0 Å². The SMILES string of the molecule is CCc1ccc(C(C)(O)c2cc(C)ccc2F)cc1. The summed E-state index contributed by atoms with van der Waals surface area (Å²) < 4.78 is 13.9. The highest BCUT2D eigenvalue weighted by atomic mass is 19.1. The average molecular weight is 258 g/mol. The number of halogens is 1. The molecular weight excluding hydrogens is 239 g/mol. The van der Waals surface area contributed by atoms with E-state index in [9.17, 15) is 9.50 Å². The standard InChI is InChI=1S/C17H19FO/c1-4-13-6-8-14(9-7-13)17(3,19)15-11-12(2)5-10-16(15)18/h5-11,19H,4H2,1-3H3. The van der Waals surface area contributed by atoms with Crippen LogP contribution in [0, 0.1) is 12.7 Å². The zero-order valence-electron chi connectivity index (χ0n) is 11.6. The molecule has 2 heteroatoms. The van der Waals surface area contributed by atoms with E-state index in [1.807, 2.05) is 31.2 Å². The van der Waals surface area contributed by atoms with Crippen LogP contribution in [0.15, 0.2) is 42.5 Å². The van der Waals surface area contributed by atoms with Crippen LogP contribution in [0.3, 0.4) is 0 Å². The molecule has 0 bridgehead atoms. The lowest BCUT2D eigenvalue weighted by atomic mass is 9.86. The maximum atomic E-state index is 13.9. The van der Waals surface area contributed by atoms with E-state index in [0.29, 0.717) is 11.1 Å². The third-order valence-corrected chi connectivity index (χ3v) is 3.57. The highest BCUT2D eigenvalue weighted by Gasteiger charge is 2.28. The second kappa shape index (κ2) is 5.14. The molecule has 0 fully saturated rings. The smallest absolute Gasteiger partial charge is 0.129 e. The Labute approximate surface area is 113 Å². The molecule has 0 amide bonds. The van der Waals surface area contributed by atoms with Gasteiger partial charge >= 0.3 is 0 Å². The molecule has 0 aromatic heterocycles. The predicted octanol–water partition coefficient (Wildman–Crippen LogP) is 3.95. The monoisotopic (exact) mass is 258 g/mol. The summed E-state index contributed by atoms with van der Waals surface area (Å²) in [6.45, 7) is 5.60. The van der Waals surface area contributed by atoms with Gasteiger partial charge in [-0.25, -0.2) is 4.39 Å². The van der Waals surface area contributed by atoms with E-state index < -0.39 is 5.60 Å². The van der Waals surface area contributed by atoms with E-state index in [2.05, 4.69) is 6.92 Å². The minimum Gasteiger partial charge on any atom is -0.381 e. The Morgan fingerprint density at radius 2 is 1.74 bits per heavy atom. The molecule has 100 valence electrons. The number of aryl methyl sites for hydroxylation is 2. The average Bonchev–Trinajstić information content (AvgIpc) is 2.41. The second-order valence-electron chi connectivity index (χ2n) is 5.11. The third kappa shape index (κ3) is 2.69. The van der Waals surface area contributed by atoms with Crippen molar-refractivity contribution < 1.29 is 9.50 Å². The fraction of sp³-hybridized carbons (Fsp3) is 0.294. The van der Waals surface area contributed by atoms with Gasteiger partial charge in [-0.2, -0.15) is 0 Å². The van der Waals surface area contributed by atoms with Crippen LogP contribution >= 0.6 is 0 Å². The summed E-state index contributed by atoms with van der Waals surface area (Å²) in [6.07, 6.45) is 0.946. The second-order valence-corrected chi connectivity index (χ2v) is 5.11. The van der Waals surface area contributed by atoms with Gasteiger partial charge in [0, 0.05) is 5.56 Å². The van der Waals surface area contributed by atoms with Crippen molar-refractivity contribution >= 4 is 0 Å². The molecule has 1 N–H and O–H groups in total. The van der Waals surface area contributed by atoms with Crippen molar-refractivity contribution in [1.29, 1.82) is 0 Å². The van der Waals surface area contributed by atoms with Crippen LogP contribution in [0.1, 0.15) is 36.1 Å². The molecule has 0 saturated heterocycles. The molecule has 19 heavy (non-hydrogen) atoms. The fourth-order valence-corrected chi connectivity index (χ4v) is 2.23. The quantitative estimate of drug-likeness (QED) is 0.883. The Morgan fingerprint density at radius 1 is 1.11 bits per heavy atom. The summed E-state index contributed by atoms with van der Waals surface area (Å²) >= 11 is 0. The highest BCUT2D eigenvalue weighted by molar-refractivity contribution is 5.38. The molecule has 0 aliphatic rings. The zero-order chi connectivity index (χ0) is 14.0. The van der Waals surface area contributed by atoms with Crippen LogP contribution in [-0.2, 0) is 12.0 Å². The predicted molar refractivity (Wildman–Crippen MR) is 75.6 cm³/mol. The highest BCUT2D eigenvalue weighted by Crippen LogP contribution is 2.31. The van der Waals surface area contributed by atoms with Crippen molar-refractivity contribution in [3.63, 3.8) is 0 Å². The van der Waals surface area contributed by atoms with Crippen molar-refractivity contribution in [1.82, 2.24) is 0 Å². The summed E-state index contributed by atoms with van der Waals surface area (Å²) in [5, 5.41) is 10.7. The summed E-state index contributed by atoms with van der Waals surface area (Å²) in [5.74, 6) is -0.379. The molecule has 1 nitrogen and oxygen atoms in total. The lowest BCUT2D eigenvalue weighted by Gasteiger charge is -2.25. The Hall–Kier alpha value is -1.67. The van der Waals surface area contributed by atoms with Crippen molar-refractivity contribution in [3.8, 4) is 0 Å². The molecule has 1 unspecified atom stereocenters. The molecule has 0 aliphatic carbocycles. The third-order valence-electron chi connectivity index (χ3n) is 3.57. The minimum absolute atomic E-state index is 0.316. The van der Waals surface area contributed by atoms with Gasteiger partial charge in [-0.05, 0) is 43.5 Å². The Bertz CT molecular complexity index is 570. The van der Waals surface area contributed by atoms with E-state index >= 15 is 0 Å². The molecule has 0 spiro atoms. The van der Waals surface area contributed by atoms with Gasteiger partial charge in [-0.1, -0.05) is 42.8 Å². The van der Waals surface area contributed by atoms with E-state index in [0.717, 1.165) is 12.0 Å². The Morgan fingerprint density at radius 3 is 2.32 bits per heavy atom. The first-order valence-corrected chi connectivity index (χ1v) is 6.53. The molecule has 2 aromatic carbocycles. The molecule has 2 rings (SSSR count). The van der Waals surface area contributed by atoms with E-state index in [4.69, 9.17) is 0 Å². The number of rotatable bonds is 3. The molecule has 0 aliphatic heterocycles. The summed E-state index contributed by atoms with van der Waals surface area (Å²) in [6, 6.07) is 12.5. The van der Waals surface area contributed by atoms with E-state index in [-0.39, 0.29) is 5.82 Å². The van der Waals surface area contributed by atoms with Gasteiger partial charge in [-0.3, -0.25) is 0 Å². The van der Waals surface area contributed by atoms with Crippen molar-refractivity contribution in [2.75, 3.05) is 0 Å². The number of hydrogen-bond acceptors (Lipinski definition) is 1. The molecule has 0 saturated carbocycles. The van der Waals surface area contributed by atoms with Crippen molar-refractivity contribution in [3.05, 3.63) is 70.5 Å². The summed E-state index contributed by atoms with van der Waals surface area (Å²) in [4.78, 5) is 0. The molecule has 0 radical (unpaired) electrons. The van der Waals surface area contributed by atoms with Gasteiger partial charge in [0.1, 0.15) is 11.4 Å². The Balaban J connectivity index is 2.48. The lowest BCUT2D eigenvalue weighted by molar-refractivity contribution is 0.0979. The molecule has 0 heterocycles. The fourth-order valence-electron chi connectivity index (χ4n) is 2.23. The lowest BCUT2D eigenvalue weighted by Crippen LogP contribution is -2.24. The number of benzene rings is 2. The Kier molecular flexibility index (Phi) is 3.72. The topological polar surface area (TPSA) is 20.2 Å². The first-order valence-electron chi connectivity index (χ1n) is 6.53. The van der Waals surface area contributed by atoms with Gasteiger partial charge < -0.3 is 5.11 Å². The van der Waals surface area contributed by atoms with Crippen LogP contribution in [-0.4, -0.2) is 5.11 Å². The van der Waals surface area contributed by atoms with E-state index in [1.54, 1.807) is 19.1 Å². The largest absolute Gasteiger partial charge is 0.381 e. The van der Waals surface area contributed by atoms with Crippen LogP contribution < -0.4 is 0 Å². The molecule has 1 atom stereocenters. The van der Waals surface area contributed by atoms with Gasteiger partial charge in [0.25, 0.3) is 0 Å². The normalized spacial score (nSPS) is 14.2. The van der Waals surface area contributed by atoms with Gasteiger partial charge in [0.05, 0.1) is 0 Å². The first kappa shape index (κ1) is 13.8. The minimum atomic E-state index is -1.32.